The molecule has 0 bridgehead atoms. The average Bonchev–Trinajstić information content (AvgIpc) is 2.25. The number of nitrogens with zero attached hydrogens (tertiary/aromatic N) is 1. The Kier molecular flexibility index (Phi) is 6.60. The second-order valence-corrected chi connectivity index (χ2v) is 4.96. The lowest BCUT2D eigenvalue weighted by Crippen LogP contribution is -2.31. The minimum Gasteiger partial charge on any atom is -0.394 e. The number of likely N-dealkylation sites (tertiary alicyclic amines) is 1. The van der Waals surface area contributed by atoms with Crippen molar-refractivity contribution in [1.29, 1.82) is 0 Å². The summed E-state index contributed by atoms with van der Waals surface area (Å²) < 4.78 is 0. The molecule has 0 amide bonds. The Morgan fingerprint density at radius 1 is 1.21 bits per heavy atom. The Balaban J connectivity index is 1.92. The Morgan fingerprint density at radius 3 is 2.57 bits per heavy atom. The van der Waals surface area contributed by atoms with Gasteiger partial charge in [0.15, 0.2) is 0 Å². The minimum atomic E-state index is -0.540. The van der Waals surface area contributed by atoms with E-state index in [1.54, 1.807) is 11.8 Å². The molecule has 1 atom stereocenters. The molecule has 14 heavy (non-hydrogen) atoms. The highest BCUT2D eigenvalue weighted by molar-refractivity contribution is 7.99. The van der Waals surface area contributed by atoms with Gasteiger partial charge in [0.25, 0.3) is 0 Å². The lowest BCUT2D eigenvalue weighted by molar-refractivity contribution is 0.113. The average molecular weight is 219 g/mol. The molecule has 0 aromatic rings. The summed E-state index contributed by atoms with van der Waals surface area (Å²) in [5.74, 6) is 1.72. The number of aliphatic hydroxyl groups is 2. The van der Waals surface area contributed by atoms with Gasteiger partial charge < -0.3 is 15.1 Å². The van der Waals surface area contributed by atoms with Gasteiger partial charge >= 0.3 is 0 Å². The fourth-order valence-corrected chi connectivity index (χ4v) is 2.58. The molecule has 0 saturated carbocycles. The molecule has 2 N–H and O–H groups in total. The van der Waals surface area contributed by atoms with Crippen molar-refractivity contribution in [1.82, 2.24) is 4.90 Å². The van der Waals surface area contributed by atoms with E-state index < -0.39 is 6.10 Å². The molecular weight excluding hydrogens is 198 g/mol. The SMILES string of the molecule is OCC(O)CSCCN1CCCCC1. The van der Waals surface area contributed by atoms with Crippen LogP contribution in [0.1, 0.15) is 19.3 Å². The van der Waals surface area contributed by atoms with E-state index in [4.69, 9.17) is 10.2 Å². The third-order valence-electron chi connectivity index (χ3n) is 2.52. The van der Waals surface area contributed by atoms with Gasteiger partial charge in [-0.25, -0.2) is 0 Å². The predicted octanol–water partition coefficient (Wildman–Crippen LogP) is 0.559. The molecule has 0 aromatic carbocycles. The first-order valence-corrected chi connectivity index (χ1v) is 6.57. The van der Waals surface area contributed by atoms with Crippen molar-refractivity contribution in [3.8, 4) is 0 Å². The van der Waals surface area contributed by atoms with Crippen LogP contribution >= 0.6 is 11.8 Å². The van der Waals surface area contributed by atoms with Gasteiger partial charge in [-0.2, -0.15) is 11.8 Å². The summed E-state index contributed by atoms with van der Waals surface area (Å²) in [5.41, 5.74) is 0. The Labute approximate surface area is 90.5 Å². The van der Waals surface area contributed by atoms with Gasteiger partial charge in [-0.1, -0.05) is 6.42 Å². The van der Waals surface area contributed by atoms with Crippen LogP contribution in [0.4, 0.5) is 0 Å². The van der Waals surface area contributed by atoms with Crippen LogP contribution in [0.25, 0.3) is 0 Å². The highest BCUT2D eigenvalue weighted by Gasteiger charge is 2.09. The zero-order chi connectivity index (χ0) is 10.2. The molecular formula is C10H21NO2S. The second-order valence-electron chi connectivity index (χ2n) is 3.81. The van der Waals surface area contributed by atoms with Gasteiger partial charge in [0.2, 0.25) is 0 Å². The molecule has 0 radical (unpaired) electrons. The molecule has 1 heterocycles. The molecule has 3 nitrogen and oxygen atoms in total. The van der Waals surface area contributed by atoms with Crippen LogP contribution in [0.15, 0.2) is 0 Å². The Bertz CT molecular complexity index is 140. The maximum Gasteiger partial charge on any atom is 0.0861 e. The third kappa shape index (κ3) is 5.20. The molecule has 1 unspecified atom stereocenters. The summed E-state index contributed by atoms with van der Waals surface area (Å²) in [5, 5.41) is 17.7. The van der Waals surface area contributed by atoms with Crippen LogP contribution in [-0.2, 0) is 0 Å². The summed E-state index contributed by atoms with van der Waals surface area (Å²) in [4.78, 5) is 2.49. The van der Waals surface area contributed by atoms with Gasteiger partial charge in [-0.3, -0.25) is 0 Å². The number of hydrogen-bond acceptors (Lipinski definition) is 4. The van der Waals surface area contributed by atoms with E-state index in [-0.39, 0.29) is 6.61 Å². The summed E-state index contributed by atoms with van der Waals surface area (Å²) in [6.45, 7) is 3.49. The fraction of sp³-hybridized carbons (Fsp3) is 1.00. The summed E-state index contributed by atoms with van der Waals surface area (Å²) in [6, 6.07) is 0. The molecule has 1 aliphatic rings. The van der Waals surface area contributed by atoms with E-state index in [1.807, 2.05) is 0 Å². The van der Waals surface area contributed by atoms with Crippen LogP contribution in [-0.4, -0.2) is 59.0 Å². The molecule has 1 aliphatic heterocycles. The van der Waals surface area contributed by atoms with Crippen molar-refractivity contribution in [2.75, 3.05) is 37.7 Å². The molecule has 84 valence electrons. The summed E-state index contributed by atoms with van der Waals surface area (Å²) in [7, 11) is 0. The van der Waals surface area contributed by atoms with Crippen molar-refractivity contribution in [3.05, 3.63) is 0 Å². The van der Waals surface area contributed by atoms with E-state index in [0.717, 1.165) is 12.3 Å². The highest BCUT2D eigenvalue weighted by Crippen LogP contribution is 2.10. The van der Waals surface area contributed by atoms with E-state index in [2.05, 4.69) is 4.90 Å². The zero-order valence-electron chi connectivity index (χ0n) is 8.69. The van der Waals surface area contributed by atoms with E-state index in [9.17, 15) is 0 Å². The first-order valence-electron chi connectivity index (χ1n) is 5.42. The van der Waals surface area contributed by atoms with Crippen LogP contribution in [0.2, 0.25) is 0 Å². The summed E-state index contributed by atoms with van der Waals surface area (Å²) >= 11 is 1.73. The van der Waals surface area contributed by atoms with Crippen molar-refractivity contribution >= 4 is 11.8 Å². The first-order chi connectivity index (χ1) is 6.83. The smallest absolute Gasteiger partial charge is 0.0861 e. The number of piperidine rings is 1. The molecule has 4 heteroatoms. The van der Waals surface area contributed by atoms with Gasteiger partial charge in [0.05, 0.1) is 12.7 Å². The van der Waals surface area contributed by atoms with Crippen LogP contribution in [0.3, 0.4) is 0 Å². The zero-order valence-corrected chi connectivity index (χ0v) is 9.51. The molecule has 1 fully saturated rings. The largest absolute Gasteiger partial charge is 0.394 e. The molecule has 1 saturated heterocycles. The van der Waals surface area contributed by atoms with Crippen molar-refractivity contribution < 1.29 is 10.2 Å². The predicted molar refractivity (Wildman–Crippen MR) is 60.7 cm³/mol. The van der Waals surface area contributed by atoms with E-state index >= 15 is 0 Å². The van der Waals surface area contributed by atoms with E-state index in [1.165, 1.54) is 32.4 Å². The maximum absolute atomic E-state index is 9.11. The van der Waals surface area contributed by atoms with E-state index in [0.29, 0.717) is 5.75 Å². The lowest BCUT2D eigenvalue weighted by Gasteiger charge is -2.26. The van der Waals surface area contributed by atoms with Crippen LogP contribution in [0.5, 0.6) is 0 Å². The van der Waals surface area contributed by atoms with Crippen molar-refractivity contribution in [2.24, 2.45) is 0 Å². The normalized spacial score (nSPS) is 21.0. The first kappa shape index (κ1) is 12.3. The number of aliphatic hydroxyl groups excluding tert-OH is 2. The van der Waals surface area contributed by atoms with Crippen LogP contribution in [0, 0.1) is 0 Å². The molecule has 0 aromatic heterocycles. The fourth-order valence-electron chi connectivity index (χ4n) is 1.65. The topological polar surface area (TPSA) is 43.7 Å². The number of rotatable bonds is 6. The summed E-state index contributed by atoms with van der Waals surface area (Å²) in [6.07, 6.45) is 3.52. The highest BCUT2D eigenvalue weighted by atomic mass is 32.2. The monoisotopic (exact) mass is 219 g/mol. The quantitative estimate of drug-likeness (QED) is 0.641. The molecule has 0 aliphatic carbocycles. The number of thioether (sulfide) groups is 1. The van der Waals surface area contributed by atoms with Crippen molar-refractivity contribution in [2.45, 2.75) is 25.4 Å². The van der Waals surface area contributed by atoms with Crippen LogP contribution < -0.4 is 0 Å². The maximum atomic E-state index is 9.11. The standard InChI is InChI=1S/C10H21NO2S/c12-8-10(13)9-14-7-6-11-4-2-1-3-5-11/h10,12-13H,1-9H2. The Morgan fingerprint density at radius 2 is 1.93 bits per heavy atom. The van der Waals surface area contributed by atoms with Crippen molar-refractivity contribution in [3.63, 3.8) is 0 Å². The van der Waals surface area contributed by atoms with Gasteiger partial charge in [-0.15, -0.1) is 0 Å². The second kappa shape index (κ2) is 7.51. The lowest BCUT2D eigenvalue weighted by atomic mass is 10.1. The molecule has 0 spiro atoms. The van der Waals surface area contributed by atoms with Gasteiger partial charge in [0, 0.05) is 18.1 Å². The Hall–Kier alpha value is 0.230. The van der Waals surface area contributed by atoms with Gasteiger partial charge in [0.1, 0.15) is 0 Å². The minimum absolute atomic E-state index is 0.114. The molecule has 1 rings (SSSR count). The van der Waals surface area contributed by atoms with Gasteiger partial charge in [-0.05, 0) is 25.9 Å². The third-order valence-corrected chi connectivity index (χ3v) is 3.61. The number of hydrogen-bond donors (Lipinski definition) is 2.